The standard InChI is InChI=1S/C13H17N3O4S/c1-2-4-10(17)15-13-14-8(7-21-13)11(18)16-6-3-5-9(16)12(19)20/h7,9H,2-6H2,1H3,(H,19,20)(H,14,15,17). The van der Waals surface area contributed by atoms with E-state index in [2.05, 4.69) is 10.3 Å². The maximum atomic E-state index is 12.3. The third-order valence-electron chi connectivity index (χ3n) is 3.25. The number of likely N-dealkylation sites (tertiary alicyclic amines) is 1. The van der Waals surface area contributed by atoms with Crippen LogP contribution in [0.25, 0.3) is 0 Å². The maximum Gasteiger partial charge on any atom is 0.326 e. The Morgan fingerprint density at radius 1 is 1.52 bits per heavy atom. The van der Waals surface area contributed by atoms with Gasteiger partial charge < -0.3 is 15.3 Å². The van der Waals surface area contributed by atoms with E-state index in [0.717, 1.165) is 17.8 Å². The van der Waals surface area contributed by atoms with E-state index in [1.165, 1.54) is 4.90 Å². The van der Waals surface area contributed by atoms with E-state index >= 15 is 0 Å². The van der Waals surface area contributed by atoms with Crippen molar-refractivity contribution in [2.75, 3.05) is 11.9 Å². The number of rotatable bonds is 5. The summed E-state index contributed by atoms with van der Waals surface area (Å²) in [5, 5.41) is 13.6. The quantitative estimate of drug-likeness (QED) is 0.860. The fraction of sp³-hybridized carbons (Fsp3) is 0.538. The molecule has 114 valence electrons. The van der Waals surface area contributed by atoms with Crippen LogP contribution in [0, 0.1) is 0 Å². The first-order chi connectivity index (χ1) is 10.0. The topological polar surface area (TPSA) is 99.6 Å². The minimum Gasteiger partial charge on any atom is -0.480 e. The molecule has 1 unspecified atom stereocenters. The van der Waals surface area contributed by atoms with Crippen molar-refractivity contribution >= 4 is 34.3 Å². The van der Waals surface area contributed by atoms with Crippen LogP contribution in [-0.2, 0) is 9.59 Å². The van der Waals surface area contributed by atoms with Gasteiger partial charge in [-0.15, -0.1) is 11.3 Å². The lowest BCUT2D eigenvalue weighted by Crippen LogP contribution is -2.40. The van der Waals surface area contributed by atoms with Crippen molar-refractivity contribution < 1.29 is 19.5 Å². The molecular weight excluding hydrogens is 294 g/mol. The first kappa shape index (κ1) is 15.4. The molecule has 1 atom stereocenters. The Morgan fingerprint density at radius 3 is 2.95 bits per heavy atom. The molecule has 2 N–H and O–H groups in total. The highest BCUT2D eigenvalue weighted by Gasteiger charge is 2.35. The third-order valence-corrected chi connectivity index (χ3v) is 4.00. The zero-order chi connectivity index (χ0) is 15.4. The van der Waals surface area contributed by atoms with E-state index in [1.54, 1.807) is 5.38 Å². The smallest absolute Gasteiger partial charge is 0.326 e. The van der Waals surface area contributed by atoms with Crippen molar-refractivity contribution in [2.24, 2.45) is 0 Å². The Morgan fingerprint density at radius 2 is 2.29 bits per heavy atom. The lowest BCUT2D eigenvalue weighted by molar-refractivity contribution is -0.141. The third kappa shape index (κ3) is 3.57. The molecule has 1 aliphatic rings. The fourth-order valence-corrected chi connectivity index (χ4v) is 2.95. The molecule has 1 fully saturated rings. The number of aliphatic carboxylic acids is 1. The number of carboxylic acid groups (broad SMARTS) is 1. The van der Waals surface area contributed by atoms with Gasteiger partial charge in [0.15, 0.2) is 5.13 Å². The summed E-state index contributed by atoms with van der Waals surface area (Å²) in [6.07, 6.45) is 2.27. The van der Waals surface area contributed by atoms with E-state index in [-0.39, 0.29) is 11.6 Å². The predicted octanol–water partition coefficient (Wildman–Crippen LogP) is 1.57. The number of nitrogens with zero attached hydrogens (tertiary/aromatic N) is 2. The van der Waals surface area contributed by atoms with Crippen molar-refractivity contribution in [3.8, 4) is 0 Å². The van der Waals surface area contributed by atoms with Gasteiger partial charge in [0.1, 0.15) is 11.7 Å². The van der Waals surface area contributed by atoms with Crippen LogP contribution in [0.4, 0.5) is 5.13 Å². The lowest BCUT2D eigenvalue weighted by atomic mass is 10.2. The monoisotopic (exact) mass is 311 g/mol. The summed E-state index contributed by atoms with van der Waals surface area (Å²) >= 11 is 1.16. The Labute approximate surface area is 126 Å². The Balaban J connectivity index is 2.05. The Kier molecular flexibility index (Phi) is 4.89. The summed E-state index contributed by atoms with van der Waals surface area (Å²) in [6.45, 7) is 2.32. The minimum absolute atomic E-state index is 0.143. The number of hydrogen-bond acceptors (Lipinski definition) is 5. The molecule has 0 spiro atoms. The number of amides is 2. The van der Waals surface area contributed by atoms with E-state index < -0.39 is 17.9 Å². The molecule has 2 amide bonds. The van der Waals surface area contributed by atoms with Gasteiger partial charge in [0, 0.05) is 18.3 Å². The van der Waals surface area contributed by atoms with Gasteiger partial charge in [-0.05, 0) is 19.3 Å². The van der Waals surface area contributed by atoms with Crippen molar-refractivity contribution in [2.45, 2.75) is 38.6 Å². The zero-order valence-electron chi connectivity index (χ0n) is 11.7. The molecule has 0 saturated carbocycles. The van der Waals surface area contributed by atoms with Gasteiger partial charge in [-0.2, -0.15) is 0 Å². The van der Waals surface area contributed by atoms with Crippen LogP contribution in [-0.4, -0.2) is 45.4 Å². The molecule has 1 aliphatic heterocycles. The summed E-state index contributed by atoms with van der Waals surface area (Å²) in [7, 11) is 0. The molecule has 2 heterocycles. The summed E-state index contributed by atoms with van der Waals surface area (Å²) in [5.41, 5.74) is 0.181. The molecule has 21 heavy (non-hydrogen) atoms. The first-order valence-corrected chi connectivity index (χ1v) is 7.70. The second kappa shape index (κ2) is 6.66. The summed E-state index contributed by atoms with van der Waals surface area (Å²) in [5.74, 6) is -1.53. The van der Waals surface area contributed by atoms with Gasteiger partial charge in [-0.25, -0.2) is 9.78 Å². The normalized spacial score (nSPS) is 17.8. The fourth-order valence-electron chi connectivity index (χ4n) is 2.25. The number of thiazole rings is 1. The number of carbonyl (C=O) groups excluding carboxylic acids is 2. The second-order valence-corrected chi connectivity index (χ2v) is 5.69. The van der Waals surface area contributed by atoms with Gasteiger partial charge in [0.2, 0.25) is 5.91 Å². The van der Waals surface area contributed by atoms with Crippen LogP contribution in [0.2, 0.25) is 0 Å². The van der Waals surface area contributed by atoms with Crippen LogP contribution < -0.4 is 5.32 Å². The molecule has 0 aromatic carbocycles. The van der Waals surface area contributed by atoms with Gasteiger partial charge in [0.25, 0.3) is 5.91 Å². The second-order valence-electron chi connectivity index (χ2n) is 4.83. The van der Waals surface area contributed by atoms with E-state index in [9.17, 15) is 14.4 Å². The average Bonchev–Trinajstić information content (AvgIpc) is 3.06. The molecule has 0 bridgehead atoms. The molecule has 7 nitrogen and oxygen atoms in total. The number of hydrogen-bond donors (Lipinski definition) is 2. The molecule has 2 rings (SSSR count). The predicted molar refractivity (Wildman–Crippen MR) is 77.3 cm³/mol. The maximum absolute atomic E-state index is 12.3. The van der Waals surface area contributed by atoms with Crippen LogP contribution in [0.5, 0.6) is 0 Å². The molecule has 8 heteroatoms. The summed E-state index contributed by atoms with van der Waals surface area (Å²) in [4.78, 5) is 40.3. The average molecular weight is 311 g/mol. The molecule has 1 aromatic heterocycles. The highest BCUT2D eigenvalue weighted by atomic mass is 32.1. The first-order valence-electron chi connectivity index (χ1n) is 6.82. The molecule has 1 aromatic rings. The minimum atomic E-state index is -0.993. The number of nitrogens with one attached hydrogen (secondary N) is 1. The lowest BCUT2D eigenvalue weighted by Gasteiger charge is -2.20. The number of aromatic nitrogens is 1. The van der Waals surface area contributed by atoms with E-state index in [1.807, 2.05) is 6.92 Å². The largest absolute Gasteiger partial charge is 0.480 e. The van der Waals surface area contributed by atoms with Crippen molar-refractivity contribution in [3.05, 3.63) is 11.1 Å². The van der Waals surface area contributed by atoms with Crippen LogP contribution in [0.15, 0.2) is 5.38 Å². The number of carbonyl (C=O) groups is 3. The molecule has 0 radical (unpaired) electrons. The van der Waals surface area contributed by atoms with Crippen LogP contribution in [0.1, 0.15) is 43.1 Å². The van der Waals surface area contributed by atoms with Crippen molar-refractivity contribution in [1.82, 2.24) is 9.88 Å². The molecule has 1 saturated heterocycles. The summed E-state index contributed by atoms with van der Waals surface area (Å²) < 4.78 is 0. The van der Waals surface area contributed by atoms with Gasteiger partial charge in [-0.1, -0.05) is 6.92 Å². The Bertz CT molecular complexity index is 557. The Hall–Kier alpha value is -1.96. The van der Waals surface area contributed by atoms with E-state index in [4.69, 9.17) is 5.11 Å². The van der Waals surface area contributed by atoms with Crippen LogP contribution in [0.3, 0.4) is 0 Å². The van der Waals surface area contributed by atoms with Crippen molar-refractivity contribution in [3.63, 3.8) is 0 Å². The van der Waals surface area contributed by atoms with Gasteiger partial charge in [0.05, 0.1) is 0 Å². The van der Waals surface area contributed by atoms with Gasteiger partial charge >= 0.3 is 5.97 Å². The molecule has 0 aliphatic carbocycles. The van der Waals surface area contributed by atoms with Crippen LogP contribution >= 0.6 is 11.3 Å². The highest BCUT2D eigenvalue weighted by Crippen LogP contribution is 2.23. The SMILES string of the molecule is CCCC(=O)Nc1nc(C(=O)N2CCCC2C(=O)O)cs1. The van der Waals surface area contributed by atoms with Crippen molar-refractivity contribution in [1.29, 1.82) is 0 Å². The van der Waals surface area contributed by atoms with E-state index in [0.29, 0.717) is 30.9 Å². The molecular formula is C13H17N3O4S. The zero-order valence-corrected chi connectivity index (χ0v) is 12.5. The number of anilines is 1. The van der Waals surface area contributed by atoms with Gasteiger partial charge in [-0.3, -0.25) is 9.59 Å². The highest BCUT2D eigenvalue weighted by molar-refractivity contribution is 7.14. The number of carboxylic acids is 1. The summed E-state index contributed by atoms with van der Waals surface area (Å²) in [6, 6.07) is -0.780.